The molecule has 1 aromatic rings. The van der Waals surface area contributed by atoms with Crippen LogP contribution < -0.4 is 10.5 Å². The second-order valence-electron chi connectivity index (χ2n) is 3.67. The summed E-state index contributed by atoms with van der Waals surface area (Å²) in [6, 6.07) is 5.72. The molecule has 0 radical (unpaired) electrons. The quantitative estimate of drug-likeness (QED) is 0.795. The molecule has 0 saturated carbocycles. The van der Waals surface area contributed by atoms with Crippen LogP contribution in [0.3, 0.4) is 0 Å². The molecule has 16 heavy (non-hydrogen) atoms. The molecule has 0 aromatic heterocycles. The van der Waals surface area contributed by atoms with Crippen molar-refractivity contribution >= 4 is 23.4 Å². The topological polar surface area (TPSA) is 35.2 Å². The van der Waals surface area contributed by atoms with E-state index in [1.807, 2.05) is 36.9 Å². The zero-order chi connectivity index (χ0) is 12.0. The number of halogens is 1. The normalized spacial score (nSPS) is 12.5. The van der Waals surface area contributed by atoms with Gasteiger partial charge < -0.3 is 10.5 Å². The molecule has 2 N–H and O–H groups in total. The predicted octanol–water partition coefficient (Wildman–Crippen LogP) is 3.49. The van der Waals surface area contributed by atoms with Crippen LogP contribution in [0.25, 0.3) is 0 Å². The monoisotopic (exact) mass is 259 g/mol. The number of rotatable bonds is 6. The molecule has 0 heterocycles. The minimum atomic E-state index is 0.00282. The summed E-state index contributed by atoms with van der Waals surface area (Å²) in [5, 5.41) is 0.638. The molecule has 1 atom stereocenters. The van der Waals surface area contributed by atoms with Gasteiger partial charge in [-0.25, -0.2) is 0 Å². The summed E-state index contributed by atoms with van der Waals surface area (Å²) in [5.41, 5.74) is 6.80. The van der Waals surface area contributed by atoms with Gasteiger partial charge in [-0.3, -0.25) is 0 Å². The SMILES string of the molecule is CSCCCOc1ccc([C@H](C)N)cc1Cl. The van der Waals surface area contributed by atoms with Crippen molar-refractivity contribution < 1.29 is 4.74 Å². The molecule has 90 valence electrons. The predicted molar refractivity (Wildman–Crippen MR) is 72.5 cm³/mol. The van der Waals surface area contributed by atoms with Gasteiger partial charge in [0.1, 0.15) is 5.75 Å². The Morgan fingerprint density at radius 2 is 2.25 bits per heavy atom. The fraction of sp³-hybridized carbons (Fsp3) is 0.500. The Kier molecular flexibility index (Phi) is 6.03. The Hall–Kier alpha value is -0.380. The maximum absolute atomic E-state index is 6.10. The first-order valence-electron chi connectivity index (χ1n) is 5.32. The van der Waals surface area contributed by atoms with Crippen molar-refractivity contribution in [3.63, 3.8) is 0 Å². The van der Waals surface area contributed by atoms with Crippen LogP contribution >= 0.6 is 23.4 Å². The Morgan fingerprint density at radius 1 is 1.50 bits per heavy atom. The van der Waals surface area contributed by atoms with E-state index in [0.717, 1.165) is 23.5 Å². The number of benzene rings is 1. The van der Waals surface area contributed by atoms with E-state index >= 15 is 0 Å². The van der Waals surface area contributed by atoms with Gasteiger partial charge in [-0.05, 0) is 43.0 Å². The Morgan fingerprint density at radius 3 is 2.81 bits per heavy atom. The van der Waals surface area contributed by atoms with Gasteiger partial charge in [0.15, 0.2) is 0 Å². The minimum absolute atomic E-state index is 0.00282. The van der Waals surface area contributed by atoms with E-state index in [9.17, 15) is 0 Å². The number of nitrogens with two attached hydrogens (primary N) is 1. The fourth-order valence-corrected chi connectivity index (χ4v) is 1.95. The molecular weight excluding hydrogens is 242 g/mol. The number of ether oxygens (including phenoxy) is 1. The second-order valence-corrected chi connectivity index (χ2v) is 5.07. The van der Waals surface area contributed by atoms with Gasteiger partial charge in [0.25, 0.3) is 0 Å². The molecule has 0 bridgehead atoms. The van der Waals surface area contributed by atoms with Crippen molar-refractivity contribution in [3.05, 3.63) is 28.8 Å². The number of hydrogen-bond acceptors (Lipinski definition) is 3. The van der Waals surface area contributed by atoms with Crippen molar-refractivity contribution in [1.29, 1.82) is 0 Å². The molecule has 0 fully saturated rings. The van der Waals surface area contributed by atoms with E-state index in [1.54, 1.807) is 0 Å². The summed E-state index contributed by atoms with van der Waals surface area (Å²) < 4.78 is 5.59. The molecular formula is C12H18ClNOS. The molecule has 0 aliphatic carbocycles. The van der Waals surface area contributed by atoms with Crippen LogP contribution in [-0.2, 0) is 0 Å². The number of hydrogen-bond donors (Lipinski definition) is 1. The maximum atomic E-state index is 6.10. The lowest BCUT2D eigenvalue weighted by Gasteiger charge is -2.10. The first-order chi connectivity index (χ1) is 7.65. The fourth-order valence-electron chi connectivity index (χ4n) is 1.30. The first-order valence-corrected chi connectivity index (χ1v) is 7.09. The molecule has 4 heteroatoms. The molecule has 0 amide bonds. The van der Waals surface area contributed by atoms with Crippen molar-refractivity contribution in [3.8, 4) is 5.75 Å². The minimum Gasteiger partial charge on any atom is -0.492 e. The third-order valence-corrected chi connectivity index (χ3v) is 3.22. The average Bonchev–Trinajstić information content (AvgIpc) is 2.26. The zero-order valence-electron chi connectivity index (χ0n) is 9.70. The number of thioether (sulfide) groups is 1. The van der Waals surface area contributed by atoms with Crippen molar-refractivity contribution in [2.75, 3.05) is 18.6 Å². The first kappa shape index (κ1) is 13.7. The van der Waals surface area contributed by atoms with Gasteiger partial charge >= 0.3 is 0 Å². The van der Waals surface area contributed by atoms with E-state index < -0.39 is 0 Å². The van der Waals surface area contributed by atoms with Crippen LogP contribution in [0.2, 0.25) is 5.02 Å². The smallest absolute Gasteiger partial charge is 0.137 e. The Balaban J connectivity index is 2.54. The largest absolute Gasteiger partial charge is 0.492 e. The van der Waals surface area contributed by atoms with Crippen molar-refractivity contribution in [1.82, 2.24) is 0 Å². The van der Waals surface area contributed by atoms with Crippen LogP contribution in [0.1, 0.15) is 24.9 Å². The highest BCUT2D eigenvalue weighted by molar-refractivity contribution is 7.98. The van der Waals surface area contributed by atoms with E-state index in [0.29, 0.717) is 11.6 Å². The summed E-state index contributed by atoms with van der Waals surface area (Å²) in [4.78, 5) is 0. The van der Waals surface area contributed by atoms with E-state index in [4.69, 9.17) is 22.1 Å². The highest BCUT2D eigenvalue weighted by Crippen LogP contribution is 2.27. The highest BCUT2D eigenvalue weighted by atomic mass is 35.5. The molecule has 0 aliphatic heterocycles. The highest BCUT2D eigenvalue weighted by Gasteiger charge is 2.05. The lowest BCUT2D eigenvalue weighted by molar-refractivity contribution is 0.319. The molecule has 0 spiro atoms. The van der Waals surface area contributed by atoms with E-state index in [1.165, 1.54) is 0 Å². The molecule has 1 aromatic carbocycles. The Labute approximate surface area is 107 Å². The van der Waals surface area contributed by atoms with Crippen LogP contribution in [-0.4, -0.2) is 18.6 Å². The molecule has 0 aliphatic rings. The maximum Gasteiger partial charge on any atom is 0.137 e. The van der Waals surface area contributed by atoms with Crippen LogP contribution in [0.4, 0.5) is 0 Å². The van der Waals surface area contributed by atoms with Gasteiger partial charge in [-0.1, -0.05) is 17.7 Å². The summed E-state index contributed by atoms with van der Waals surface area (Å²) in [5.74, 6) is 1.85. The van der Waals surface area contributed by atoms with E-state index in [-0.39, 0.29) is 6.04 Å². The van der Waals surface area contributed by atoms with Gasteiger partial charge in [0, 0.05) is 6.04 Å². The average molecular weight is 260 g/mol. The zero-order valence-corrected chi connectivity index (χ0v) is 11.3. The van der Waals surface area contributed by atoms with Gasteiger partial charge in [-0.2, -0.15) is 11.8 Å². The molecule has 0 saturated heterocycles. The molecule has 0 unspecified atom stereocenters. The van der Waals surface area contributed by atoms with Gasteiger partial charge in [-0.15, -0.1) is 0 Å². The van der Waals surface area contributed by atoms with E-state index in [2.05, 4.69) is 6.26 Å². The second kappa shape index (κ2) is 7.05. The Bertz CT molecular complexity index is 331. The molecule has 2 nitrogen and oxygen atoms in total. The third kappa shape index (κ3) is 4.24. The summed E-state index contributed by atoms with van der Waals surface area (Å²) in [7, 11) is 0. The van der Waals surface area contributed by atoms with Crippen molar-refractivity contribution in [2.45, 2.75) is 19.4 Å². The lowest BCUT2D eigenvalue weighted by Crippen LogP contribution is -2.05. The van der Waals surface area contributed by atoms with Gasteiger partial charge in [0.05, 0.1) is 11.6 Å². The lowest BCUT2D eigenvalue weighted by atomic mass is 10.1. The summed E-state index contributed by atoms with van der Waals surface area (Å²) in [6.45, 7) is 2.64. The van der Waals surface area contributed by atoms with Crippen LogP contribution in [0, 0.1) is 0 Å². The molecule has 1 rings (SSSR count). The summed E-state index contributed by atoms with van der Waals surface area (Å²) in [6.07, 6.45) is 3.12. The summed E-state index contributed by atoms with van der Waals surface area (Å²) >= 11 is 7.92. The van der Waals surface area contributed by atoms with Crippen LogP contribution in [0.15, 0.2) is 18.2 Å². The standard InChI is InChI=1S/C12H18ClNOS/c1-9(14)10-4-5-12(11(13)8-10)15-6-3-7-16-2/h4-5,8-9H,3,6-7,14H2,1-2H3/t9-/m0/s1. The third-order valence-electron chi connectivity index (χ3n) is 2.23. The van der Waals surface area contributed by atoms with Crippen LogP contribution in [0.5, 0.6) is 5.75 Å². The van der Waals surface area contributed by atoms with Crippen molar-refractivity contribution in [2.24, 2.45) is 5.73 Å². The van der Waals surface area contributed by atoms with Gasteiger partial charge in [0.2, 0.25) is 0 Å².